The Morgan fingerprint density at radius 1 is 1.20 bits per heavy atom. The summed E-state index contributed by atoms with van der Waals surface area (Å²) in [5.41, 5.74) is -0.405. The van der Waals surface area contributed by atoms with E-state index in [0.29, 0.717) is 5.69 Å². The van der Waals surface area contributed by atoms with Crippen molar-refractivity contribution < 1.29 is 27.1 Å². The zero-order valence-corrected chi connectivity index (χ0v) is 12.8. The number of carbonyl (C=O) groups excluding carboxylic acids is 1. The molecule has 2 amide bonds. The molecule has 25 heavy (non-hydrogen) atoms. The summed E-state index contributed by atoms with van der Waals surface area (Å²) in [6.45, 7) is 0.426. The summed E-state index contributed by atoms with van der Waals surface area (Å²) in [5.74, 6) is -0.553. The SMILES string of the molecule is O=C(Nc1ccc(F)cc1)N1CC(Oc2cc(C(F)(F)F)ccn2)C1. The number of halogens is 4. The summed E-state index contributed by atoms with van der Waals surface area (Å²) >= 11 is 0. The highest BCUT2D eigenvalue weighted by atomic mass is 19.4. The molecule has 0 aliphatic carbocycles. The van der Waals surface area contributed by atoms with E-state index in [0.717, 1.165) is 18.3 Å². The minimum absolute atomic E-state index is 0.140. The van der Waals surface area contributed by atoms with Crippen LogP contribution in [0.15, 0.2) is 42.6 Å². The fourth-order valence-electron chi connectivity index (χ4n) is 2.24. The van der Waals surface area contributed by atoms with Gasteiger partial charge in [0.1, 0.15) is 11.9 Å². The number of urea groups is 1. The highest BCUT2D eigenvalue weighted by molar-refractivity contribution is 5.89. The number of carbonyl (C=O) groups is 1. The van der Waals surface area contributed by atoms with Crippen molar-refractivity contribution in [2.45, 2.75) is 12.3 Å². The molecule has 3 rings (SSSR count). The van der Waals surface area contributed by atoms with Crippen LogP contribution in [-0.2, 0) is 6.18 Å². The number of nitrogens with one attached hydrogen (secondary N) is 1. The summed E-state index contributed by atoms with van der Waals surface area (Å²) in [4.78, 5) is 17.1. The molecule has 1 aromatic heterocycles. The average molecular weight is 355 g/mol. The molecule has 5 nitrogen and oxygen atoms in total. The fraction of sp³-hybridized carbons (Fsp3) is 0.250. The van der Waals surface area contributed by atoms with Gasteiger partial charge in [0.2, 0.25) is 5.88 Å². The molecule has 1 aliphatic rings. The van der Waals surface area contributed by atoms with Gasteiger partial charge < -0.3 is 15.0 Å². The molecule has 1 fully saturated rings. The molecule has 0 spiro atoms. The maximum Gasteiger partial charge on any atom is 0.416 e. The van der Waals surface area contributed by atoms with E-state index in [1.54, 1.807) is 0 Å². The third kappa shape index (κ3) is 4.17. The van der Waals surface area contributed by atoms with E-state index in [1.165, 1.54) is 29.2 Å². The third-order valence-corrected chi connectivity index (χ3v) is 3.58. The molecule has 0 atom stereocenters. The molecule has 132 valence electrons. The predicted molar refractivity (Wildman–Crippen MR) is 80.6 cm³/mol. The van der Waals surface area contributed by atoms with E-state index in [-0.39, 0.29) is 19.0 Å². The second-order valence-corrected chi connectivity index (χ2v) is 5.46. The molecule has 1 saturated heterocycles. The first-order valence-electron chi connectivity index (χ1n) is 7.32. The van der Waals surface area contributed by atoms with Crippen molar-refractivity contribution in [2.75, 3.05) is 18.4 Å². The van der Waals surface area contributed by atoms with Gasteiger partial charge in [-0.15, -0.1) is 0 Å². The quantitative estimate of drug-likeness (QED) is 0.857. The number of hydrogen-bond acceptors (Lipinski definition) is 3. The first-order valence-corrected chi connectivity index (χ1v) is 7.32. The normalized spacial score (nSPS) is 14.8. The summed E-state index contributed by atoms with van der Waals surface area (Å²) in [6.07, 6.45) is -3.88. The van der Waals surface area contributed by atoms with E-state index in [1.807, 2.05) is 0 Å². The molecule has 1 aromatic carbocycles. The number of aromatic nitrogens is 1. The Bertz CT molecular complexity index is 759. The largest absolute Gasteiger partial charge is 0.471 e. The lowest BCUT2D eigenvalue weighted by Gasteiger charge is -2.38. The number of ether oxygens (including phenoxy) is 1. The Hall–Kier alpha value is -2.84. The first kappa shape index (κ1) is 17.0. The zero-order chi connectivity index (χ0) is 18.0. The number of likely N-dealkylation sites (tertiary alicyclic amines) is 1. The number of nitrogens with zero attached hydrogens (tertiary/aromatic N) is 2. The van der Waals surface area contributed by atoms with Gasteiger partial charge >= 0.3 is 12.2 Å². The molecular weight excluding hydrogens is 342 g/mol. The number of anilines is 1. The molecule has 0 bridgehead atoms. The van der Waals surface area contributed by atoms with Crippen LogP contribution in [0.1, 0.15) is 5.56 Å². The summed E-state index contributed by atoms with van der Waals surface area (Å²) in [5, 5.41) is 2.58. The average Bonchev–Trinajstić information content (AvgIpc) is 2.52. The van der Waals surface area contributed by atoms with Crippen molar-refractivity contribution in [3.05, 3.63) is 54.0 Å². The smallest absolute Gasteiger partial charge is 0.416 e. The maximum atomic E-state index is 12.8. The number of alkyl halides is 3. The summed E-state index contributed by atoms with van der Waals surface area (Å²) in [6, 6.07) is 6.57. The van der Waals surface area contributed by atoms with E-state index in [2.05, 4.69) is 10.3 Å². The van der Waals surface area contributed by atoms with Crippen LogP contribution in [0.5, 0.6) is 5.88 Å². The van der Waals surface area contributed by atoms with Crippen LogP contribution >= 0.6 is 0 Å². The predicted octanol–water partition coefficient (Wildman–Crippen LogP) is 3.53. The summed E-state index contributed by atoms with van der Waals surface area (Å²) < 4.78 is 56.1. The first-order chi connectivity index (χ1) is 11.8. The standard InChI is InChI=1S/C16H13F4N3O2/c17-11-1-3-12(4-2-11)22-15(24)23-8-13(9-23)25-14-7-10(5-6-21-14)16(18,19)20/h1-7,13H,8-9H2,(H,22,24). The maximum absolute atomic E-state index is 12.8. The van der Waals surface area contributed by atoms with Gasteiger partial charge in [0.25, 0.3) is 0 Å². The molecule has 1 N–H and O–H groups in total. The number of amides is 2. The second kappa shape index (κ2) is 6.58. The molecule has 0 saturated carbocycles. The molecule has 0 radical (unpaired) electrons. The van der Waals surface area contributed by atoms with Crippen LogP contribution < -0.4 is 10.1 Å². The van der Waals surface area contributed by atoms with Crippen LogP contribution in [0.25, 0.3) is 0 Å². The Balaban J connectivity index is 1.51. The van der Waals surface area contributed by atoms with Gasteiger partial charge in [-0.2, -0.15) is 13.2 Å². The van der Waals surface area contributed by atoms with Gasteiger partial charge in [0.05, 0.1) is 18.7 Å². The molecule has 9 heteroatoms. The number of rotatable bonds is 3. The van der Waals surface area contributed by atoms with Crippen LogP contribution in [0, 0.1) is 5.82 Å². The van der Waals surface area contributed by atoms with Gasteiger partial charge in [0.15, 0.2) is 0 Å². The minimum atomic E-state index is -4.47. The Morgan fingerprint density at radius 3 is 2.52 bits per heavy atom. The topological polar surface area (TPSA) is 54.5 Å². The Morgan fingerprint density at radius 2 is 1.88 bits per heavy atom. The van der Waals surface area contributed by atoms with Gasteiger partial charge in [-0.25, -0.2) is 14.2 Å². The monoisotopic (exact) mass is 355 g/mol. The summed E-state index contributed by atoms with van der Waals surface area (Å²) in [7, 11) is 0. The van der Waals surface area contributed by atoms with E-state index in [4.69, 9.17) is 4.74 Å². The Labute approximate surface area is 140 Å². The lowest BCUT2D eigenvalue weighted by atomic mass is 10.2. The second-order valence-electron chi connectivity index (χ2n) is 5.46. The van der Waals surface area contributed by atoms with Crippen molar-refractivity contribution in [2.24, 2.45) is 0 Å². The van der Waals surface area contributed by atoms with Crippen molar-refractivity contribution in [1.29, 1.82) is 0 Å². The number of hydrogen-bond donors (Lipinski definition) is 1. The lowest BCUT2D eigenvalue weighted by Crippen LogP contribution is -2.57. The van der Waals surface area contributed by atoms with Gasteiger partial charge in [0, 0.05) is 18.0 Å². The Kier molecular flexibility index (Phi) is 4.47. The van der Waals surface area contributed by atoms with E-state index >= 15 is 0 Å². The van der Waals surface area contributed by atoms with Gasteiger partial charge in [-0.1, -0.05) is 0 Å². The minimum Gasteiger partial charge on any atom is -0.471 e. The number of benzene rings is 1. The van der Waals surface area contributed by atoms with Crippen molar-refractivity contribution in [1.82, 2.24) is 9.88 Å². The van der Waals surface area contributed by atoms with E-state index < -0.39 is 29.7 Å². The van der Waals surface area contributed by atoms with Crippen LogP contribution in [0.4, 0.5) is 28.0 Å². The lowest BCUT2D eigenvalue weighted by molar-refractivity contribution is -0.137. The van der Waals surface area contributed by atoms with Crippen LogP contribution in [-0.4, -0.2) is 35.1 Å². The van der Waals surface area contributed by atoms with E-state index in [9.17, 15) is 22.4 Å². The molecule has 2 aromatic rings. The highest BCUT2D eigenvalue weighted by Gasteiger charge is 2.34. The zero-order valence-electron chi connectivity index (χ0n) is 12.8. The van der Waals surface area contributed by atoms with Crippen molar-refractivity contribution >= 4 is 11.7 Å². The van der Waals surface area contributed by atoms with Gasteiger partial charge in [-0.3, -0.25) is 0 Å². The third-order valence-electron chi connectivity index (χ3n) is 3.58. The van der Waals surface area contributed by atoms with Crippen LogP contribution in [0.3, 0.4) is 0 Å². The van der Waals surface area contributed by atoms with Crippen molar-refractivity contribution in [3.63, 3.8) is 0 Å². The number of pyridine rings is 1. The fourth-order valence-corrected chi connectivity index (χ4v) is 2.24. The highest BCUT2D eigenvalue weighted by Crippen LogP contribution is 2.31. The molecule has 0 unspecified atom stereocenters. The molecule has 2 heterocycles. The molecular formula is C16H13F4N3O2. The van der Waals surface area contributed by atoms with Crippen molar-refractivity contribution in [3.8, 4) is 5.88 Å². The van der Waals surface area contributed by atoms with Gasteiger partial charge in [-0.05, 0) is 30.3 Å². The van der Waals surface area contributed by atoms with Crippen LogP contribution in [0.2, 0.25) is 0 Å². The molecule has 1 aliphatic heterocycles.